The minimum absolute atomic E-state index is 0.0314. The molecule has 1 atom stereocenters. The first-order valence-corrected chi connectivity index (χ1v) is 7.80. The van der Waals surface area contributed by atoms with E-state index >= 15 is 0 Å². The van der Waals surface area contributed by atoms with Crippen molar-refractivity contribution in [3.8, 4) is 0 Å². The van der Waals surface area contributed by atoms with Crippen molar-refractivity contribution < 1.29 is 4.79 Å². The number of benzene rings is 1. The van der Waals surface area contributed by atoms with Gasteiger partial charge in [-0.3, -0.25) is 0 Å². The molecule has 1 unspecified atom stereocenters. The van der Waals surface area contributed by atoms with Gasteiger partial charge in [0.2, 0.25) is 0 Å². The second-order valence-electron chi connectivity index (χ2n) is 5.31. The summed E-state index contributed by atoms with van der Waals surface area (Å²) in [5.41, 5.74) is 3.80. The molecule has 1 aromatic heterocycles. The Balaban J connectivity index is 1.56. The van der Waals surface area contributed by atoms with Crippen molar-refractivity contribution in [3.63, 3.8) is 0 Å². The van der Waals surface area contributed by atoms with Crippen LogP contribution in [0.3, 0.4) is 0 Å². The normalized spacial score (nSPS) is 14.9. The van der Waals surface area contributed by atoms with Gasteiger partial charge in [0.1, 0.15) is 0 Å². The van der Waals surface area contributed by atoms with Crippen LogP contribution in [0.1, 0.15) is 23.6 Å². The van der Waals surface area contributed by atoms with Crippen LogP contribution in [0.2, 0.25) is 0 Å². The third kappa shape index (κ3) is 2.85. The molecule has 20 heavy (non-hydrogen) atoms. The second-order valence-corrected chi connectivity index (χ2v) is 6.09. The van der Waals surface area contributed by atoms with Crippen LogP contribution in [-0.2, 0) is 19.5 Å². The summed E-state index contributed by atoms with van der Waals surface area (Å²) in [7, 11) is 0. The van der Waals surface area contributed by atoms with E-state index in [1.165, 1.54) is 16.7 Å². The quantitative estimate of drug-likeness (QED) is 0.921. The number of rotatable bonds is 3. The van der Waals surface area contributed by atoms with Gasteiger partial charge < -0.3 is 10.2 Å². The van der Waals surface area contributed by atoms with Crippen LogP contribution in [0.4, 0.5) is 4.79 Å². The van der Waals surface area contributed by atoms with E-state index in [0.717, 1.165) is 6.42 Å². The molecule has 1 aromatic carbocycles. The molecule has 1 aliphatic rings. The molecule has 0 spiro atoms. The Morgan fingerprint density at radius 1 is 1.30 bits per heavy atom. The Morgan fingerprint density at radius 2 is 2.00 bits per heavy atom. The highest BCUT2D eigenvalue weighted by Crippen LogP contribution is 2.22. The zero-order chi connectivity index (χ0) is 13.9. The molecule has 1 N–H and O–H groups in total. The zero-order valence-corrected chi connectivity index (χ0v) is 12.3. The SMILES string of the molecule is CC(Cc1ccsc1)NC(=O)N1Cc2ccccc2C1. The topological polar surface area (TPSA) is 32.3 Å². The summed E-state index contributed by atoms with van der Waals surface area (Å²) in [6.07, 6.45) is 0.885. The molecule has 2 amide bonds. The van der Waals surface area contributed by atoms with Crippen LogP contribution >= 0.6 is 11.3 Å². The lowest BCUT2D eigenvalue weighted by molar-refractivity contribution is 0.195. The van der Waals surface area contributed by atoms with E-state index in [1.54, 1.807) is 11.3 Å². The maximum atomic E-state index is 12.3. The summed E-state index contributed by atoms with van der Waals surface area (Å²) in [6, 6.07) is 10.5. The highest BCUT2D eigenvalue weighted by atomic mass is 32.1. The summed E-state index contributed by atoms with van der Waals surface area (Å²) >= 11 is 1.69. The van der Waals surface area contributed by atoms with Gasteiger partial charge >= 0.3 is 6.03 Å². The minimum atomic E-state index is 0.0314. The molecular weight excluding hydrogens is 268 g/mol. The average molecular weight is 286 g/mol. The number of urea groups is 1. The fourth-order valence-electron chi connectivity index (χ4n) is 2.59. The molecule has 104 valence electrons. The Morgan fingerprint density at radius 3 is 2.60 bits per heavy atom. The van der Waals surface area contributed by atoms with E-state index < -0.39 is 0 Å². The standard InChI is InChI=1S/C16H18N2OS/c1-12(8-13-6-7-20-11-13)17-16(19)18-9-14-4-2-3-5-15(14)10-18/h2-7,11-12H,8-10H2,1H3,(H,17,19). The lowest BCUT2D eigenvalue weighted by Gasteiger charge is -2.20. The van der Waals surface area contributed by atoms with E-state index in [2.05, 4.69) is 41.2 Å². The van der Waals surface area contributed by atoms with Gasteiger partial charge in [-0.1, -0.05) is 24.3 Å². The summed E-state index contributed by atoms with van der Waals surface area (Å²) in [4.78, 5) is 14.1. The number of amides is 2. The number of hydrogen-bond acceptors (Lipinski definition) is 2. The van der Waals surface area contributed by atoms with Gasteiger partial charge in [0.25, 0.3) is 0 Å². The van der Waals surface area contributed by atoms with Gasteiger partial charge in [0, 0.05) is 19.1 Å². The number of hydrogen-bond donors (Lipinski definition) is 1. The monoisotopic (exact) mass is 286 g/mol. The number of fused-ring (bicyclic) bond motifs is 1. The van der Waals surface area contributed by atoms with Crippen molar-refractivity contribution in [2.24, 2.45) is 0 Å². The molecule has 3 nitrogen and oxygen atoms in total. The molecular formula is C16H18N2OS. The van der Waals surface area contributed by atoms with Crippen LogP contribution in [0.15, 0.2) is 41.1 Å². The molecule has 2 aromatic rings. The first-order valence-electron chi connectivity index (χ1n) is 6.85. The molecule has 2 heterocycles. The maximum absolute atomic E-state index is 12.3. The predicted octanol–water partition coefficient (Wildman–Crippen LogP) is 3.40. The molecule has 0 saturated heterocycles. The number of nitrogens with zero attached hydrogens (tertiary/aromatic N) is 1. The van der Waals surface area contributed by atoms with Gasteiger partial charge in [0.05, 0.1) is 0 Å². The van der Waals surface area contributed by atoms with Gasteiger partial charge in [-0.05, 0) is 46.9 Å². The van der Waals surface area contributed by atoms with E-state index in [-0.39, 0.29) is 12.1 Å². The third-order valence-electron chi connectivity index (χ3n) is 3.62. The van der Waals surface area contributed by atoms with Crippen LogP contribution in [0.25, 0.3) is 0 Å². The molecule has 4 heteroatoms. The summed E-state index contributed by atoms with van der Waals surface area (Å²) in [5.74, 6) is 0. The van der Waals surface area contributed by atoms with Crippen LogP contribution in [0, 0.1) is 0 Å². The van der Waals surface area contributed by atoms with Crippen LogP contribution < -0.4 is 5.32 Å². The van der Waals surface area contributed by atoms with E-state index in [9.17, 15) is 4.79 Å². The smallest absolute Gasteiger partial charge is 0.318 e. The lowest BCUT2D eigenvalue weighted by atomic mass is 10.1. The Labute approximate surface area is 123 Å². The van der Waals surface area contributed by atoms with Crippen molar-refractivity contribution >= 4 is 17.4 Å². The van der Waals surface area contributed by atoms with Gasteiger partial charge in [-0.2, -0.15) is 11.3 Å². The largest absolute Gasteiger partial charge is 0.335 e. The van der Waals surface area contributed by atoms with Gasteiger partial charge in [0.15, 0.2) is 0 Å². The predicted molar refractivity (Wildman–Crippen MR) is 81.7 cm³/mol. The molecule has 0 aliphatic carbocycles. The minimum Gasteiger partial charge on any atom is -0.335 e. The maximum Gasteiger partial charge on any atom is 0.318 e. The van der Waals surface area contributed by atoms with Gasteiger partial charge in [-0.15, -0.1) is 0 Å². The summed E-state index contributed by atoms with van der Waals surface area (Å²) in [5, 5.41) is 7.29. The Bertz CT molecular complexity index is 569. The van der Waals surface area contributed by atoms with Crippen molar-refractivity contribution in [1.82, 2.24) is 10.2 Å². The van der Waals surface area contributed by atoms with Crippen LogP contribution in [-0.4, -0.2) is 17.0 Å². The summed E-state index contributed by atoms with van der Waals surface area (Å²) in [6.45, 7) is 3.49. The fraction of sp³-hybridized carbons (Fsp3) is 0.312. The van der Waals surface area contributed by atoms with Crippen molar-refractivity contribution in [2.45, 2.75) is 32.5 Å². The number of thiophene rings is 1. The molecule has 0 bridgehead atoms. The van der Waals surface area contributed by atoms with E-state index in [4.69, 9.17) is 0 Å². The molecule has 3 rings (SSSR count). The highest BCUT2D eigenvalue weighted by Gasteiger charge is 2.23. The first-order chi connectivity index (χ1) is 9.72. The van der Waals surface area contributed by atoms with Crippen molar-refractivity contribution in [1.29, 1.82) is 0 Å². The molecule has 1 aliphatic heterocycles. The number of carbonyl (C=O) groups excluding carboxylic acids is 1. The molecule has 0 radical (unpaired) electrons. The molecule has 0 saturated carbocycles. The third-order valence-corrected chi connectivity index (χ3v) is 4.35. The van der Waals surface area contributed by atoms with E-state index in [1.807, 2.05) is 17.0 Å². The molecule has 0 fully saturated rings. The fourth-order valence-corrected chi connectivity index (χ4v) is 3.27. The first kappa shape index (κ1) is 13.2. The lowest BCUT2D eigenvalue weighted by Crippen LogP contribution is -2.42. The van der Waals surface area contributed by atoms with E-state index in [0.29, 0.717) is 13.1 Å². The zero-order valence-electron chi connectivity index (χ0n) is 11.5. The van der Waals surface area contributed by atoms with Gasteiger partial charge in [-0.25, -0.2) is 4.79 Å². The Hall–Kier alpha value is -1.81. The average Bonchev–Trinajstić information content (AvgIpc) is 3.06. The van der Waals surface area contributed by atoms with Crippen molar-refractivity contribution in [3.05, 3.63) is 57.8 Å². The number of carbonyl (C=O) groups is 1. The van der Waals surface area contributed by atoms with Crippen molar-refractivity contribution in [2.75, 3.05) is 0 Å². The Kier molecular flexibility index (Phi) is 3.74. The van der Waals surface area contributed by atoms with Crippen LogP contribution in [0.5, 0.6) is 0 Å². The second kappa shape index (κ2) is 5.67. The summed E-state index contributed by atoms with van der Waals surface area (Å²) < 4.78 is 0. The number of nitrogens with one attached hydrogen (secondary N) is 1. The highest BCUT2D eigenvalue weighted by molar-refractivity contribution is 7.07.